The van der Waals surface area contributed by atoms with Crippen LogP contribution in [0.1, 0.15) is 188 Å². The van der Waals surface area contributed by atoms with Crippen LogP contribution in [0, 0.1) is 0 Å². The SMILES string of the molecule is CCCCC/C=C\C/C=C\CCCCCCCCC(CCCCCCC/C=C/C/C=C\CCCCC)NC(C)OCCCN(C)C. The molecule has 0 aromatic heterocycles. The number of ether oxygens (including phenoxy) is 1. The summed E-state index contributed by atoms with van der Waals surface area (Å²) in [5, 5.41) is 3.84. The molecule has 3 nitrogen and oxygen atoms in total. The Labute approximate surface area is 290 Å². The normalized spacial score (nSPS) is 13.9. The Hall–Kier alpha value is -1.16. The maximum Gasteiger partial charge on any atom is 0.105 e. The van der Waals surface area contributed by atoms with Crippen molar-refractivity contribution < 1.29 is 4.74 Å². The third-order valence-electron chi connectivity index (χ3n) is 8.84. The van der Waals surface area contributed by atoms with Gasteiger partial charge in [0.25, 0.3) is 0 Å². The van der Waals surface area contributed by atoms with Gasteiger partial charge in [-0.15, -0.1) is 0 Å². The van der Waals surface area contributed by atoms with E-state index < -0.39 is 0 Å². The molecular formula is C43H82N2O. The minimum absolute atomic E-state index is 0.148. The van der Waals surface area contributed by atoms with E-state index in [9.17, 15) is 0 Å². The Morgan fingerprint density at radius 2 is 0.891 bits per heavy atom. The molecule has 270 valence electrons. The molecule has 0 aromatic rings. The molecule has 0 heterocycles. The molecule has 1 N–H and O–H groups in total. The molecule has 0 aliphatic rings. The van der Waals surface area contributed by atoms with Crippen LogP contribution in [0.3, 0.4) is 0 Å². The van der Waals surface area contributed by atoms with Gasteiger partial charge in [-0.3, -0.25) is 5.32 Å². The average molecular weight is 643 g/mol. The maximum atomic E-state index is 6.13. The first-order valence-electron chi connectivity index (χ1n) is 20.2. The van der Waals surface area contributed by atoms with Crippen molar-refractivity contribution in [3.63, 3.8) is 0 Å². The molecular weight excluding hydrogens is 560 g/mol. The van der Waals surface area contributed by atoms with Gasteiger partial charge >= 0.3 is 0 Å². The van der Waals surface area contributed by atoms with Gasteiger partial charge in [-0.2, -0.15) is 0 Å². The highest BCUT2D eigenvalue weighted by molar-refractivity contribution is 4.93. The van der Waals surface area contributed by atoms with E-state index in [2.05, 4.69) is 93.7 Å². The van der Waals surface area contributed by atoms with Crippen LogP contribution in [0.25, 0.3) is 0 Å². The molecule has 0 aromatic carbocycles. The predicted octanol–water partition coefficient (Wildman–Crippen LogP) is 13.3. The van der Waals surface area contributed by atoms with Gasteiger partial charge < -0.3 is 9.64 Å². The van der Waals surface area contributed by atoms with Crippen LogP contribution in [-0.2, 0) is 4.74 Å². The summed E-state index contributed by atoms with van der Waals surface area (Å²) in [6.45, 7) is 8.68. The van der Waals surface area contributed by atoms with E-state index in [0.29, 0.717) is 6.04 Å². The number of rotatable bonds is 36. The Balaban J connectivity index is 4.07. The molecule has 0 fully saturated rings. The fourth-order valence-electron chi connectivity index (χ4n) is 5.91. The molecule has 0 saturated heterocycles. The Morgan fingerprint density at radius 3 is 1.30 bits per heavy atom. The highest BCUT2D eigenvalue weighted by Gasteiger charge is 2.12. The third kappa shape index (κ3) is 37.3. The molecule has 2 atom stereocenters. The van der Waals surface area contributed by atoms with E-state index in [-0.39, 0.29) is 6.23 Å². The second-order valence-electron chi connectivity index (χ2n) is 13.9. The monoisotopic (exact) mass is 643 g/mol. The van der Waals surface area contributed by atoms with Gasteiger partial charge in [0.05, 0.1) is 0 Å². The molecule has 0 aliphatic heterocycles. The molecule has 46 heavy (non-hydrogen) atoms. The summed E-state index contributed by atoms with van der Waals surface area (Å²) in [7, 11) is 4.27. The zero-order valence-electron chi connectivity index (χ0n) is 31.9. The summed E-state index contributed by atoms with van der Waals surface area (Å²) in [6, 6.07) is 0.590. The van der Waals surface area contributed by atoms with Crippen LogP contribution in [0.4, 0.5) is 0 Å². The van der Waals surface area contributed by atoms with Gasteiger partial charge in [0, 0.05) is 12.6 Å². The first-order valence-corrected chi connectivity index (χ1v) is 20.2. The molecule has 0 spiro atoms. The predicted molar refractivity (Wildman–Crippen MR) is 209 cm³/mol. The van der Waals surface area contributed by atoms with Crippen molar-refractivity contribution in [2.45, 2.75) is 200 Å². The number of nitrogens with zero attached hydrogens (tertiary/aromatic N) is 1. The number of hydrogen-bond acceptors (Lipinski definition) is 3. The lowest BCUT2D eigenvalue weighted by atomic mass is 9.99. The van der Waals surface area contributed by atoms with E-state index in [1.54, 1.807) is 0 Å². The minimum atomic E-state index is 0.148. The Kier molecular flexibility index (Phi) is 37.3. The molecule has 2 unspecified atom stereocenters. The van der Waals surface area contributed by atoms with Crippen LogP contribution in [0.5, 0.6) is 0 Å². The second kappa shape index (κ2) is 38.3. The highest BCUT2D eigenvalue weighted by atomic mass is 16.5. The Bertz CT molecular complexity index is 695. The lowest BCUT2D eigenvalue weighted by Gasteiger charge is -2.24. The number of unbranched alkanes of at least 4 members (excludes halogenated alkanes) is 17. The van der Waals surface area contributed by atoms with Crippen LogP contribution < -0.4 is 5.32 Å². The fourth-order valence-corrected chi connectivity index (χ4v) is 5.91. The van der Waals surface area contributed by atoms with Crippen molar-refractivity contribution in [2.24, 2.45) is 0 Å². The molecule has 0 aliphatic carbocycles. The number of nitrogens with one attached hydrogen (secondary N) is 1. The smallest absolute Gasteiger partial charge is 0.105 e. The van der Waals surface area contributed by atoms with Gasteiger partial charge in [-0.05, 0) is 111 Å². The summed E-state index contributed by atoms with van der Waals surface area (Å²) in [6.07, 6.45) is 52.9. The molecule has 3 heteroatoms. The van der Waals surface area contributed by atoms with Crippen molar-refractivity contribution in [2.75, 3.05) is 27.2 Å². The summed E-state index contributed by atoms with van der Waals surface area (Å²) >= 11 is 0. The lowest BCUT2D eigenvalue weighted by molar-refractivity contribution is 0.0284. The van der Waals surface area contributed by atoms with Crippen LogP contribution in [-0.4, -0.2) is 44.4 Å². The van der Waals surface area contributed by atoms with Gasteiger partial charge in [-0.1, -0.05) is 146 Å². The van der Waals surface area contributed by atoms with E-state index >= 15 is 0 Å². The van der Waals surface area contributed by atoms with Gasteiger partial charge in [0.1, 0.15) is 6.23 Å². The zero-order valence-corrected chi connectivity index (χ0v) is 31.9. The van der Waals surface area contributed by atoms with Gasteiger partial charge in [0.2, 0.25) is 0 Å². The maximum absolute atomic E-state index is 6.13. The van der Waals surface area contributed by atoms with Crippen molar-refractivity contribution in [1.29, 1.82) is 0 Å². The lowest BCUT2D eigenvalue weighted by Crippen LogP contribution is -2.38. The topological polar surface area (TPSA) is 24.5 Å². The number of allylic oxidation sites excluding steroid dienone is 8. The second-order valence-corrected chi connectivity index (χ2v) is 13.9. The van der Waals surface area contributed by atoms with Crippen molar-refractivity contribution in [3.05, 3.63) is 48.6 Å². The van der Waals surface area contributed by atoms with E-state index in [1.807, 2.05) is 0 Å². The van der Waals surface area contributed by atoms with Crippen molar-refractivity contribution in [3.8, 4) is 0 Å². The standard InChI is InChI=1S/C43H82N2O/c1-6-8-10-12-14-16-18-20-22-24-26-28-30-32-34-36-39-43(44-42(3)46-41-37-40-45(4)5)38-35-33-31-29-27-25-23-21-19-17-15-13-11-9-7-2/h14-17,20-23,42-44H,6-13,18-19,24-41H2,1-5H3/b16-14-,17-15-,22-20-,23-21+. The Morgan fingerprint density at radius 1 is 0.500 bits per heavy atom. The third-order valence-corrected chi connectivity index (χ3v) is 8.84. The summed E-state index contributed by atoms with van der Waals surface area (Å²) < 4.78 is 6.13. The quantitative estimate of drug-likeness (QED) is 0.0418. The van der Waals surface area contributed by atoms with Crippen molar-refractivity contribution in [1.82, 2.24) is 10.2 Å². The number of hydrogen-bond donors (Lipinski definition) is 1. The molecule has 0 radical (unpaired) electrons. The summed E-state index contributed by atoms with van der Waals surface area (Å²) in [4.78, 5) is 2.24. The average Bonchev–Trinajstić information content (AvgIpc) is 3.04. The van der Waals surface area contributed by atoms with Gasteiger partial charge in [0.15, 0.2) is 0 Å². The van der Waals surface area contributed by atoms with Crippen molar-refractivity contribution >= 4 is 0 Å². The molecule has 0 bridgehead atoms. The molecule has 0 amide bonds. The molecule has 0 rings (SSSR count). The van der Waals surface area contributed by atoms with Crippen LogP contribution in [0.15, 0.2) is 48.6 Å². The summed E-state index contributed by atoms with van der Waals surface area (Å²) in [5.74, 6) is 0. The largest absolute Gasteiger partial charge is 0.364 e. The van der Waals surface area contributed by atoms with E-state index in [1.165, 1.54) is 148 Å². The van der Waals surface area contributed by atoms with E-state index in [4.69, 9.17) is 4.74 Å². The summed E-state index contributed by atoms with van der Waals surface area (Å²) in [5.41, 5.74) is 0. The van der Waals surface area contributed by atoms with Gasteiger partial charge in [-0.25, -0.2) is 0 Å². The first-order chi connectivity index (χ1) is 22.6. The molecule has 0 saturated carbocycles. The van der Waals surface area contributed by atoms with Crippen LogP contribution in [0.2, 0.25) is 0 Å². The fraction of sp³-hybridized carbons (Fsp3) is 0.814. The highest BCUT2D eigenvalue weighted by Crippen LogP contribution is 2.16. The minimum Gasteiger partial charge on any atom is -0.364 e. The zero-order chi connectivity index (χ0) is 33.6. The first kappa shape index (κ1) is 44.8. The van der Waals surface area contributed by atoms with E-state index in [0.717, 1.165) is 32.4 Å². The van der Waals surface area contributed by atoms with Crippen LogP contribution >= 0.6 is 0 Å².